The van der Waals surface area contributed by atoms with Gasteiger partial charge in [-0.05, 0) is 68.3 Å². The first-order valence-corrected chi connectivity index (χ1v) is 10.7. The van der Waals surface area contributed by atoms with Crippen molar-refractivity contribution in [3.05, 3.63) is 72.1 Å². The average Bonchev–Trinajstić information content (AvgIpc) is 2.72. The van der Waals surface area contributed by atoms with Crippen LogP contribution in [0, 0.1) is 13.8 Å². The smallest absolute Gasteiger partial charge is 0.265 e. The lowest BCUT2D eigenvalue weighted by Crippen LogP contribution is -2.30. The van der Waals surface area contributed by atoms with E-state index in [9.17, 15) is 13.2 Å². The van der Waals surface area contributed by atoms with Crippen molar-refractivity contribution >= 4 is 27.6 Å². The van der Waals surface area contributed by atoms with Gasteiger partial charge >= 0.3 is 0 Å². The van der Waals surface area contributed by atoms with Gasteiger partial charge in [0.1, 0.15) is 5.75 Å². The lowest BCUT2D eigenvalue weighted by Gasteiger charge is -2.17. The van der Waals surface area contributed by atoms with Crippen LogP contribution in [-0.2, 0) is 14.8 Å². The van der Waals surface area contributed by atoms with Crippen molar-refractivity contribution in [1.82, 2.24) is 9.97 Å². The Morgan fingerprint density at radius 3 is 2.33 bits per heavy atom. The van der Waals surface area contributed by atoms with E-state index in [0.717, 1.165) is 11.1 Å². The van der Waals surface area contributed by atoms with Crippen LogP contribution in [0.4, 0.5) is 11.6 Å². The molecule has 156 valence electrons. The number of aromatic nitrogens is 2. The van der Waals surface area contributed by atoms with Crippen molar-refractivity contribution in [2.75, 3.05) is 10.0 Å². The molecule has 0 aliphatic carbocycles. The minimum Gasteiger partial charge on any atom is -0.481 e. The molecule has 1 amide bonds. The van der Waals surface area contributed by atoms with Gasteiger partial charge in [-0.15, -0.1) is 0 Å². The Labute approximate surface area is 175 Å². The number of hydrogen-bond donors (Lipinski definition) is 2. The summed E-state index contributed by atoms with van der Waals surface area (Å²) in [6, 6.07) is 13.0. The highest BCUT2D eigenvalue weighted by Gasteiger charge is 2.18. The summed E-state index contributed by atoms with van der Waals surface area (Å²) < 4.78 is 32.9. The van der Waals surface area contributed by atoms with Crippen LogP contribution in [-0.4, -0.2) is 30.4 Å². The van der Waals surface area contributed by atoms with Gasteiger partial charge < -0.3 is 10.1 Å². The quantitative estimate of drug-likeness (QED) is 0.600. The topological polar surface area (TPSA) is 110 Å². The molecule has 3 rings (SSSR count). The van der Waals surface area contributed by atoms with Gasteiger partial charge in [-0.1, -0.05) is 12.1 Å². The average molecular weight is 426 g/mol. The number of nitrogens with one attached hydrogen (secondary N) is 2. The lowest BCUT2D eigenvalue weighted by atomic mass is 10.1. The van der Waals surface area contributed by atoms with Crippen molar-refractivity contribution in [3.63, 3.8) is 0 Å². The number of benzene rings is 2. The molecule has 0 saturated heterocycles. The number of aryl methyl sites for hydroxylation is 1. The summed E-state index contributed by atoms with van der Waals surface area (Å²) in [6.45, 7) is 5.56. The van der Waals surface area contributed by atoms with Crippen LogP contribution >= 0.6 is 0 Å². The predicted octanol–water partition coefficient (Wildman–Crippen LogP) is 3.30. The Morgan fingerprint density at radius 2 is 1.67 bits per heavy atom. The van der Waals surface area contributed by atoms with Gasteiger partial charge in [0.2, 0.25) is 5.95 Å². The maximum atomic E-state index is 12.5. The third kappa shape index (κ3) is 5.12. The number of sulfonamides is 1. The number of carbonyl (C=O) groups is 1. The second-order valence-corrected chi connectivity index (χ2v) is 8.33. The summed E-state index contributed by atoms with van der Waals surface area (Å²) in [5.74, 6) is 0.280. The number of anilines is 2. The number of rotatable bonds is 7. The Balaban J connectivity index is 1.64. The third-order valence-corrected chi connectivity index (χ3v) is 5.80. The van der Waals surface area contributed by atoms with Crippen molar-refractivity contribution in [1.29, 1.82) is 0 Å². The van der Waals surface area contributed by atoms with Gasteiger partial charge in [-0.25, -0.2) is 23.1 Å². The van der Waals surface area contributed by atoms with Crippen LogP contribution in [0.2, 0.25) is 0 Å². The van der Waals surface area contributed by atoms with Gasteiger partial charge in [0.15, 0.2) is 6.10 Å². The van der Waals surface area contributed by atoms with E-state index in [1.165, 1.54) is 36.7 Å². The maximum absolute atomic E-state index is 12.5. The molecule has 0 saturated carbocycles. The molecule has 0 fully saturated rings. The standard InChI is InChI=1S/C21H22N4O4S/c1-14-6-4-7-19(15(14)2)29-16(3)20(26)24-17-8-10-18(11-9-17)30(27,28)25-21-22-12-5-13-23-21/h4-13,16H,1-3H3,(H,24,26)(H,22,23,25). The molecule has 1 heterocycles. The zero-order valence-electron chi connectivity index (χ0n) is 16.8. The second kappa shape index (κ2) is 8.91. The number of hydrogen-bond acceptors (Lipinski definition) is 6. The SMILES string of the molecule is Cc1cccc(OC(C)C(=O)Nc2ccc(S(=O)(=O)Nc3ncccn3)cc2)c1C. The fraction of sp³-hybridized carbons (Fsp3) is 0.190. The normalized spacial score (nSPS) is 12.1. The Bertz CT molecular complexity index is 1130. The van der Waals surface area contributed by atoms with Crippen LogP contribution in [0.15, 0.2) is 65.8 Å². The molecule has 0 aliphatic heterocycles. The molecule has 0 bridgehead atoms. The van der Waals surface area contributed by atoms with Crippen molar-refractivity contribution in [3.8, 4) is 5.75 Å². The number of ether oxygens (including phenoxy) is 1. The van der Waals surface area contributed by atoms with E-state index in [1.54, 1.807) is 13.0 Å². The number of amides is 1. The van der Waals surface area contributed by atoms with Crippen LogP contribution in [0.1, 0.15) is 18.1 Å². The van der Waals surface area contributed by atoms with E-state index in [1.807, 2.05) is 32.0 Å². The van der Waals surface area contributed by atoms with Crippen molar-refractivity contribution in [2.45, 2.75) is 31.8 Å². The van der Waals surface area contributed by atoms with E-state index < -0.39 is 16.1 Å². The summed E-state index contributed by atoms with van der Waals surface area (Å²) >= 11 is 0. The molecule has 9 heteroatoms. The Kier molecular flexibility index (Phi) is 6.31. The summed E-state index contributed by atoms with van der Waals surface area (Å²) in [4.78, 5) is 20.2. The van der Waals surface area contributed by atoms with Crippen LogP contribution < -0.4 is 14.8 Å². The first-order valence-electron chi connectivity index (χ1n) is 9.20. The predicted molar refractivity (Wildman–Crippen MR) is 114 cm³/mol. The zero-order valence-corrected chi connectivity index (χ0v) is 17.6. The largest absolute Gasteiger partial charge is 0.481 e. The van der Waals surface area contributed by atoms with Crippen molar-refractivity contribution in [2.24, 2.45) is 0 Å². The van der Waals surface area contributed by atoms with Gasteiger partial charge in [0.25, 0.3) is 15.9 Å². The highest BCUT2D eigenvalue weighted by Crippen LogP contribution is 2.22. The van der Waals surface area contributed by atoms with E-state index in [0.29, 0.717) is 11.4 Å². The highest BCUT2D eigenvalue weighted by molar-refractivity contribution is 7.92. The number of nitrogens with zero attached hydrogens (tertiary/aromatic N) is 2. The fourth-order valence-electron chi connectivity index (χ4n) is 2.59. The zero-order chi connectivity index (χ0) is 21.7. The molecule has 1 atom stereocenters. The van der Waals surface area contributed by atoms with E-state index in [-0.39, 0.29) is 16.8 Å². The number of carbonyl (C=O) groups excluding carboxylic acids is 1. The summed E-state index contributed by atoms with van der Waals surface area (Å²) in [5.41, 5.74) is 2.50. The van der Waals surface area contributed by atoms with Gasteiger partial charge in [0.05, 0.1) is 4.90 Å². The van der Waals surface area contributed by atoms with Crippen LogP contribution in [0.5, 0.6) is 5.75 Å². The Hall–Kier alpha value is -3.46. The molecule has 2 N–H and O–H groups in total. The third-order valence-electron chi connectivity index (χ3n) is 4.45. The molecule has 1 aromatic heterocycles. The minimum atomic E-state index is -3.84. The first-order chi connectivity index (χ1) is 14.3. The maximum Gasteiger partial charge on any atom is 0.265 e. The summed E-state index contributed by atoms with van der Waals surface area (Å²) in [6.07, 6.45) is 2.14. The summed E-state index contributed by atoms with van der Waals surface area (Å²) in [7, 11) is -3.84. The van der Waals surface area contributed by atoms with Crippen LogP contribution in [0.25, 0.3) is 0 Å². The molecule has 1 unspecified atom stereocenters. The van der Waals surface area contributed by atoms with Gasteiger partial charge in [0, 0.05) is 18.1 Å². The van der Waals surface area contributed by atoms with E-state index >= 15 is 0 Å². The highest BCUT2D eigenvalue weighted by atomic mass is 32.2. The second-order valence-electron chi connectivity index (χ2n) is 6.65. The molecular weight excluding hydrogens is 404 g/mol. The Morgan fingerprint density at radius 1 is 1.00 bits per heavy atom. The molecule has 0 aliphatic rings. The fourth-order valence-corrected chi connectivity index (χ4v) is 3.55. The van der Waals surface area contributed by atoms with Gasteiger partial charge in [-0.2, -0.15) is 0 Å². The minimum absolute atomic E-state index is 0.0210. The molecule has 3 aromatic rings. The van der Waals surface area contributed by atoms with Gasteiger partial charge in [-0.3, -0.25) is 4.79 Å². The van der Waals surface area contributed by atoms with Crippen LogP contribution in [0.3, 0.4) is 0 Å². The summed E-state index contributed by atoms with van der Waals surface area (Å²) in [5, 5.41) is 2.72. The monoisotopic (exact) mass is 426 g/mol. The van der Waals surface area contributed by atoms with E-state index in [2.05, 4.69) is 20.0 Å². The van der Waals surface area contributed by atoms with E-state index in [4.69, 9.17) is 4.74 Å². The molecule has 0 radical (unpaired) electrons. The molecular formula is C21H22N4O4S. The molecule has 0 spiro atoms. The molecule has 30 heavy (non-hydrogen) atoms. The first kappa shape index (κ1) is 21.3. The lowest BCUT2D eigenvalue weighted by molar-refractivity contribution is -0.122. The molecule has 2 aromatic carbocycles. The van der Waals surface area contributed by atoms with Crippen molar-refractivity contribution < 1.29 is 17.9 Å². The molecule has 8 nitrogen and oxygen atoms in total.